The molecule has 0 radical (unpaired) electrons. The fraction of sp³-hybridized carbons (Fsp3) is 0.250. The Morgan fingerprint density at radius 1 is 0.963 bits per heavy atom. The molecule has 0 amide bonds. The zero-order valence-electron chi connectivity index (χ0n) is 14.7. The highest BCUT2D eigenvalue weighted by atomic mass is 16.7. The summed E-state index contributed by atoms with van der Waals surface area (Å²) in [4.78, 5) is 12.5. The molecule has 5 rings (SSSR count). The van der Waals surface area contributed by atoms with E-state index in [1.54, 1.807) is 20.3 Å². The fourth-order valence-corrected chi connectivity index (χ4v) is 3.77. The van der Waals surface area contributed by atoms with Gasteiger partial charge in [0, 0.05) is 17.2 Å². The Labute approximate surface area is 155 Å². The fourth-order valence-electron chi connectivity index (χ4n) is 3.77. The van der Waals surface area contributed by atoms with Crippen molar-refractivity contribution in [1.82, 2.24) is 0 Å². The number of para-hydroxylation sites is 1. The van der Waals surface area contributed by atoms with Gasteiger partial charge in [0.1, 0.15) is 12.4 Å². The summed E-state index contributed by atoms with van der Waals surface area (Å²) >= 11 is 0. The van der Waals surface area contributed by atoms with E-state index in [4.69, 9.17) is 28.4 Å². The van der Waals surface area contributed by atoms with Gasteiger partial charge in [-0.25, -0.2) is 4.79 Å². The summed E-state index contributed by atoms with van der Waals surface area (Å²) in [5.74, 6) is 2.63. The van der Waals surface area contributed by atoms with Crippen LogP contribution in [0.3, 0.4) is 0 Å². The van der Waals surface area contributed by atoms with Crippen LogP contribution in [0.4, 0.5) is 0 Å². The van der Waals surface area contributed by atoms with E-state index < -0.39 is 11.9 Å². The van der Waals surface area contributed by atoms with Crippen LogP contribution in [0.1, 0.15) is 17.0 Å². The monoisotopic (exact) mass is 368 g/mol. The third-order valence-corrected chi connectivity index (χ3v) is 4.94. The van der Waals surface area contributed by atoms with Crippen LogP contribution in [0.5, 0.6) is 28.7 Å². The molecule has 2 aromatic rings. The first-order chi connectivity index (χ1) is 13.2. The average molecular weight is 368 g/mol. The molecule has 0 N–H and O–H groups in total. The van der Waals surface area contributed by atoms with Gasteiger partial charge in [-0.3, -0.25) is 0 Å². The predicted octanol–water partition coefficient (Wildman–Crippen LogP) is 2.77. The molecular formula is C20H16O7. The first-order valence-electron chi connectivity index (χ1n) is 8.43. The Kier molecular flexibility index (Phi) is 3.43. The number of carbonyl (C=O) groups is 1. The highest BCUT2D eigenvalue weighted by Gasteiger charge is 2.42. The lowest BCUT2D eigenvalue weighted by atomic mass is 9.82. The van der Waals surface area contributed by atoms with Crippen LogP contribution >= 0.6 is 0 Å². The second-order valence-corrected chi connectivity index (χ2v) is 6.27. The van der Waals surface area contributed by atoms with Crippen molar-refractivity contribution < 1.29 is 33.2 Å². The van der Waals surface area contributed by atoms with Gasteiger partial charge >= 0.3 is 5.97 Å². The molecule has 0 aromatic heterocycles. The van der Waals surface area contributed by atoms with Gasteiger partial charge in [0.15, 0.2) is 28.8 Å². The standard InChI is InChI=1S/C20H16O7/c1-22-12-5-3-4-10(19(12)23-2)17-11-6-14-15(26-9-25-14)7-13(11)27-16-8-24-20(21)18(16)17/h3-7,17H,8-9H2,1-2H3. The van der Waals surface area contributed by atoms with E-state index in [1.165, 1.54) is 0 Å². The van der Waals surface area contributed by atoms with E-state index in [9.17, 15) is 4.79 Å². The van der Waals surface area contributed by atoms with Gasteiger partial charge in [0.05, 0.1) is 25.7 Å². The number of methoxy groups -OCH3 is 2. The smallest absolute Gasteiger partial charge is 0.339 e. The Balaban J connectivity index is 1.76. The van der Waals surface area contributed by atoms with Crippen molar-refractivity contribution in [3.8, 4) is 28.7 Å². The van der Waals surface area contributed by atoms with Gasteiger partial charge in [0.2, 0.25) is 6.79 Å². The number of carbonyl (C=O) groups excluding carboxylic acids is 1. The third kappa shape index (κ3) is 2.24. The molecule has 0 bridgehead atoms. The molecule has 138 valence electrons. The topological polar surface area (TPSA) is 72.5 Å². The van der Waals surface area contributed by atoms with Crippen molar-refractivity contribution in [3.63, 3.8) is 0 Å². The molecular weight excluding hydrogens is 352 g/mol. The number of ether oxygens (including phenoxy) is 6. The average Bonchev–Trinajstić information content (AvgIpc) is 3.30. The molecule has 0 spiro atoms. The maximum atomic E-state index is 12.5. The predicted molar refractivity (Wildman–Crippen MR) is 92.6 cm³/mol. The largest absolute Gasteiger partial charge is 0.493 e. The van der Waals surface area contributed by atoms with Crippen molar-refractivity contribution >= 4 is 5.97 Å². The zero-order valence-corrected chi connectivity index (χ0v) is 14.7. The maximum Gasteiger partial charge on any atom is 0.339 e. The van der Waals surface area contributed by atoms with Crippen molar-refractivity contribution in [2.45, 2.75) is 5.92 Å². The Morgan fingerprint density at radius 3 is 2.56 bits per heavy atom. The Bertz CT molecular complexity index is 992. The minimum atomic E-state index is -0.432. The quantitative estimate of drug-likeness (QED) is 0.772. The number of hydrogen-bond donors (Lipinski definition) is 0. The van der Waals surface area contributed by atoms with E-state index in [1.807, 2.05) is 24.3 Å². The second-order valence-electron chi connectivity index (χ2n) is 6.27. The number of hydrogen-bond acceptors (Lipinski definition) is 7. The molecule has 1 atom stereocenters. The molecule has 7 nitrogen and oxygen atoms in total. The molecule has 27 heavy (non-hydrogen) atoms. The van der Waals surface area contributed by atoms with Crippen molar-refractivity contribution in [3.05, 3.63) is 52.8 Å². The lowest BCUT2D eigenvalue weighted by molar-refractivity contribution is -0.136. The summed E-state index contributed by atoms with van der Waals surface area (Å²) in [6, 6.07) is 9.20. The summed E-state index contributed by atoms with van der Waals surface area (Å²) < 4.78 is 33.2. The molecule has 0 fully saturated rings. The molecule has 0 saturated heterocycles. The number of fused-ring (bicyclic) bond motifs is 2. The molecule has 3 aliphatic heterocycles. The summed E-state index contributed by atoms with van der Waals surface area (Å²) in [7, 11) is 3.15. The number of benzene rings is 2. The van der Waals surface area contributed by atoms with Crippen molar-refractivity contribution in [2.75, 3.05) is 27.6 Å². The van der Waals surface area contributed by atoms with Gasteiger partial charge in [-0.2, -0.15) is 0 Å². The first kappa shape index (κ1) is 15.9. The van der Waals surface area contributed by atoms with Gasteiger partial charge < -0.3 is 28.4 Å². The molecule has 0 aliphatic carbocycles. The third-order valence-electron chi connectivity index (χ3n) is 4.94. The minimum Gasteiger partial charge on any atom is -0.493 e. The molecule has 3 heterocycles. The van der Waals surface area contributed by atoms with Crippen LogP contribution in [0.15, 0.2) is 41.7 Å². The van der Waals surface area contributed by atoms with Gasteiger partial charge in [-0.05, 0) is 12.1 Å². The van der Waals surface area contributed by atoms with E-state index in [-0.39, 0.29) is 13.4 Å². The SMILES string of the molecule is COc1cccc(C2C3=C(COC3=O)Oc3cc4c(cc32)OCO4)c1OC. The van der Waals surface area contributed by atoms with Crippen LogP contribution in [-0.4, -0.2) is 33.6 Å². The Morgan fingerprint density at radius 2 is 1.78 bits per heavy atom. The second kappa shape index (κ2) is 5.84. The van der Waals surface area contributed by atoms with E-state index in [2.05, 4.69) is 0 Å². The minimum absolute atomic E-state index is 0.102. The lowest BCUT2D eigenvalue weighted by Crippen LogP contribution is -2.19. The maximum absolute atomic E-state index is 12.5. The van der Waals surface area contributed by atoms with E-state index in [0.717, 1.165) is 11.1 Å². The zero-order chi connectivity index (χ0) is 18.5. The molecule has 3 aliphatic rings. The Hall–Kier alpha value is -3.35. The summed E-state index contributed by atoms with van der Waals surface area (Å²) in [6.07, 6.45) is 0. The normalized spacial score (nSPS) is 19.2. The molecule has 1 unspecified atom stereocenters. The van der Waals surface area contributed by atoms with Crippen LogP contribution in [0.2, 0.25) is 0 Å². The molecule has 7 heteroatoms. The van der Waals surface area contributed by atoms with Crippen molar-refractivity contribution in [2.24, 2.45) is 0 Å². The van der Waals surface area contributed by atoms with Crippen LogP contribution in [0, 0.1) is 0 Å². The number of cyclic esters (lactones) is 1. The summed E-state index contributed by atoms with van der Waals surface area (Å²) in [6.45, 7) is 0.255. The number of rotatable bonds is 3. The van der Waals surface area contributed by atoms with Crippen LogP contribution in [-0.2, 0) is 9.53 Å². The molecule has 0 saturated carbocycles. The summed E-state index contributed by atoms with van der Waals surface area (Å²) in [5, 5.41) is 0. The lowest BCUT2D eigenvalue weighted by Gasteiger charge is -2.27. The molecule has 2 aromatic carbocycles. The number of esters is 1. The van der Waals surface area contributed by atoms with Crippen LogP contribution in [0.25, 0.3) is 0 Å². The van der Waals surface area contributed by atoms with Gasteiger partial charge in [-0.1, -0.05) is 12.1 Å². The summed E-state index contributed by atoms with van der Waals surface area (Å²) in [5.41, 5.74) is 2.03. The van der Waals surface area contributed by atoms with E-state index >= 15 is 0 Å². The first-order valence-corrected chi connectivity index (χ1v) is 8.43. The van der Waals surface area contributed by atoms with E-state index in [0.29, 0.717) is 40.1 Å². The highest BCUT2D eigenvalue weighted by molar-refractivity contribution is 5.95. The van der Waals surface area contributed by atoms with Gasteiger partial charge in [-0.15, -0.1) is 0 Å². The van der Waals surface area contributed by atoms with Crippen LogP contribution < -0.4 is 23.7 Å². The highest BCUT2D eigenvalue weighted by Crippen LogP contribution is 2.52. The van der Waals surface area contributed by atoms with Crippen molar-refractivity contribution in [1.29, 1.82) is 0 Å². The van der Waals surface area contributed by atoms with Gasteiger partial charge in [0.25, 0.3) is 0 Å².